The Balaban J connectivity index is 0.941. The molecule has 0 heterocycles. The molecule has 14 aromatic rings. The Morgan fingerprint density at radius 3 is 1.10 bits per heavy atom. The molecule has 0 amide bonds. The van der Waals surface area contributed by atoms with Crippen molar-refractivity contribution < 1.29 is 0 Å². The molecule has 0 fully saturated rings. The molecule has 2 aliphatic rings. The first-order chi connectivity index (χ1) is 44.6. The van der Waals surface area contributed by atoms with E-state index in [1.165, 1.54) is 110 Å². The van der Waals surface area contributed by atoms with Gasteiger partial charge in [-0.2, -0.15) is 0 Å². The van der Waals surface area contributed by atoms with E-state index >= 15 is 0 Å². The summed E-state index contributed by atoms with van der Waals surface area (Å²) in [6.45, 7) is 0. The van der Waals surface area contributed by atoms with Gasteiger partial charge in [-0.25, -0.2) is 0 Å². The second-order valence-corrected chi connectivity index (χ2v) is 23.8. The maximum absolute atomic E-state index is 2.48. The molecule has 0 saturated carbocycles. The molecule has 0 N–H and O–H groups in total. The van der Waals surface area contributed by atoms with Gasteiger partial charge < -0.3 is 9.80 Å². The van der Waals surface area contributed by atoms with Gasteiger partial charge in [0.1, 0.15) is 0 Å². The Morgan fingerprint density at radius 1 is 0.256 bits per heavy atom. The van der Waals surface area contributed by atoms with Gasteiger partial charge in [-0.05, 0) is 220 Å². The summed E-state index contributed by atoms with van der Waals surface area (Å²) < 4.78 is 0. The Labute approximate surface area is 527 Å². The van der Waals surface area contributed by atoms with Crippen LogP contribution in [0.3, 0.4) is 0 Å². The number of hydrogen-bond acceptors (Lipinski definition) is 2. The molecule has 1 unspecified atom stereocenters. The van der Waals surface area contributed by atoms with Gasteiger partial charge in [0.15, 0.2) is 0 Å². The highest BCUT2D eigenvalue weighted by molar-refractivity contribution is 6.23. The van der Waals surface area contributed by atoms with Crippen LogP contribution in [0.2, 0.25) is 0 Å². The van der Waals surface area contributed by atoms with Crippen LogP contribution in [0.1, 0.15) is 19.3 Å². The second-order valence-electron chi connectivity index (χ2n) is 23.8. The average molecular weight is 1150 g/mol. The van der Waals surface area contributed by atoms with Crippen LogP contribution in [0.5, 0.6) is 0 Å². The lowest BCUT2D eigenvalue weighted by molar-refractivity contribution is 0.762. The minimum absolute atomic E-state index is 0.340. The summed E-state index contributed by atoms with van der Waals surface area (Å²) >= 11 is 0. The Kier molecular flexibility index (Phi) is 14.3. The van der Waals surface area contributed by atoms with E-state index in [1.54, 1.807) is 0 Å². The molecule has 0 radical (unpaired) electrons. The van der Waals surface area contributed by atoms with E-state index in [-0.39, 0.29) is 0 Å². The van der Waals surface area contributed by atoms with Gasteiger partial charge in [-0.1, -0.05) is 261 Å². The van der Waals surface area contributed by atoms with Crippen LogP contribution in [-0.4, -0.2) is 0 Å². The molecular formula is C88H64N2. The Hall–Kier alpha value is -11.3. The third-order valence-corrected chi connectivity index (χ3v) is 18.4. The molecule has 0 aromatic heterocycles. The van der Waals surface area contributed by atoms with Crippen molar-refractivity contribution in [3.8, 4) is 66.8 Å². The first-order valence-electron chi connectivity index (χ1n) is 31.5. The van der Waals surface area contributed by atoms with Gasteiger partial charge >= 0.3 is 0 Å². The lowest BCUT2D eigenvalue weighted by Gasteiger charge is -2.30. The summed E-state index contributed by atoms with van der Waals surface area (Å²) in [7, 11) is 0. The van der Waals surface area contributed by atoms with Crippen LogP contribution in [-0.2, 0) is 0 Å². The topological polar surface area (TPSA) is 6.48 Å². The molecule has 2 nitrogen and oxygen atoms in total. The number of nitrogens with zero attached hydrogens (tertiary/aromatic N) is 2. The third kappa shape index (κ3) is 10.5. The number of anilines is 5. The summed E-state index contributed by atoms with van der Waals surface area (Å²) in [5.74, 6) is 0.340. The van der Waals surface area contributed by atoms with Crippen molar-refractivity contribution in [1.82, 2.24) is 0 Å². The van der Waals surface area contributed by atoms with Crippen LogP contribution < -0.4 is 9.80 Å². The van der Waals surface area contributed by atoms with E-state index in [0.29, 0.717) is 5.92 Å². The zero-order valence-corrected chi connectivity index (χ0v) is 50.0. The minimum atomic E-state index is 0.340. The standard InChI is InChI=1S/C88H64N2/c1-6-18-61(19-7-1)67-36-44-77(45-37-67)89(78-46-38-68(39-47-78)62-20-8-2-9-21-62)81-53-55-84-85(59-81)87(75-34-30-66-28-16-17-29-71(66)57-75)83-54-52-82(60-86(83)88(84)76-35-33-73-56-72(31-32-74(73)58-76)65-26-14-5-15-27-65)90(79-48-40-69(41-49-79)63-22-10-3-11-23-63)80-50-42-70(43-51-80)64-24-12-4-13-25-64/h1,3-8,10-38,40-60,68H,2,9,39H2. The second kappa shape index (κ2) is 23.7. The first-order valence-corrected chi connectivity index (χ1v) is 31.5. The van der Waals surface area contributed by atoms with Crippen molar-refractivity contribution in [3.05, 3.63) is 357 Å². The van der Waals surface area contributed by atoms with Crippen LogP contribution in [0.15, 0.2) is 357 Å². The van der Waals surface area contributed by atoms with Gasteiger partial charge in [0.05, 0.1) is 0 Å². The van der Waals surface area contributed by atoms with Crippen molar-refractivity contribution in [2.45, 2.75) is 19.3 Å². The van der Waals surface area contributed by atoms with Gasteiger partial charge in [-0.3, -0.25) is 0 Å². The third-order valence-electron chi connectivity index (χ3n) is 18.4. The molecule has 426 valence electrons. The monoisotopic (exact) mass is 1150 g/mol. The predicted octanol–water partition coefficient (Wildman–Crippen LogP) is 24.6. The van der Waals surface area contributed by atoms with Gasteiger partial charge in [0.25, 0.3) is 0 Å². The number of allylic oxidation sites excluding steroid dienone is 7. The van der Waals surface area contributed by atoms with Crippen LogP contribution in [0.4, 0.5) is 28.4 Å². The van der Waals surface area contributed by atoms with E-state index in [1.807, 2.05) is 0 Å². The molecule has 90 heavy (non-hydrogen) atoms. The molecule has 2 heteroatoms. The quantitative estimate of drug-likeness (QED) is 0.106. The summed E-state index contributed by atoms with van der Waals surface area (Å²) in [6, 6.07) is 114. The van der Waals surface area contributed by atoms with Crippen molar-refractivity contribution in [1.29, 1.82) is 0 Å². The number of hydrogen-bond donors (Lipinski definition) is 0. The van der Waals surface area contributed by atoms with Crippen molar-refractivity contribution in [2.24, 2.45) is 5.92 Å². The number of fused-ring (bicyclic) bond motifs is 4. The van der Waals surface area contributed by atoms with Gasteiger partial charge in [0, 0.05) is 40.1 Å². The molecule has 0 aliphatic heterocycles. The Bertz CT molecular complexity index is 5020. The SMILES string of the molecule is C1=CC(C2C=CC(N(c3ccc(-c4ccccc4)cc3)c3ccc4c(-c5ccc6cc(-c7ccccc7)ccc6c5)c5cc(N(c6ccc(-c7ccccc7)cc6)c6ccc(-c7ccccc7)cc6)ccc5c(-c5ccc6ccccc6c5)c4c3)=CC2)=CCC1. The Morgan fingerprint density at radius 2 is 0.633 bits per heavy atom. The van der Waals surface area contributed by atoms with E-state index in [4.69, 9.17) is 0 Å². The fourth-order valence-electron chi connectivity index (χ4n) is 13.8. The van der Waals surface area contributed by atoms with E-state index in [9.17, 15) is 0 Å². The van der Waals surface area contributed by atoms with Crippen LogP contribution >= 0.6 is 0 Å². The molecule has 14 aromatic carbocycles. The first kappa shape index (κ1) is 54.1. The lowest BCUT2D eigenvalue weighted by Crippen LogP contribution is -2.18. The van der Waals surface area contributed by atoms with E-state index < -0.39 is 0 Å². The molecule has 0 bridgehead atoms. The fourth-order valence-corrected chi connectivity index (χ4v) is 13.8. The van der Waals surface area contributed by atoms with Crippen molar-refractivity contribution in [3.63, 3.8) is 0 Å². The minimum Gasteiger partial charge on any atom is -0.311 e. The zero-order chi connectivity index (χ0) is 59.7. The summed E-state index contributed by atoms with van der Waals surface area (Å²) in [5.41, 5.74) is 22.3. The molecular weight excluding hydrogens is 1080 g/mol. The highest BCUT2D eigenvalue weighted by atomic mass is 15.2. The highest BCUT2D eigenvalue weighted by Gasteiger charge is 2.25. The zero-order valence-electron chi connectivity index (χ0n) is 50.0. The highest BCUT2D eigenvalue weighted by Crippen LogP contribution is 2.50. The van der Waals surface area contributed by atoms with Crippen molar-refractivity contribution in [2.75, 3.05) is 9.80 Å². The predicted molar refractivity (Wildman–Crippen MR) is 384 cm³/mol. The van der Waals surface area contributed by atoms with Crippen LogP contribution in [0, 0.1) is 5.92 Å². The molecule has 0 saturated heterocycles. The summed E-state index contributed by atoms with van der Waals surface area (Å²) in [5, 5.41) is 9.53. The average Bonchev–Trinajstić information content (AvgIpc) is 3.87. The van der Waals surface area contributed by atoms with E-state index in [0.717, 1.165) is 59.0 Å². The van der Waals surface area contributed by atoms with Gasteiger partial charge in [-0.15, -0.1) is 0 Å². The van der Waals surface area contributed by atoms with Crippen molar-refractivity contribution >= 4 is 71.5 Å². The summed E-state index contributed by atoms with van der Waals surface area (Å²) in [4.78, 5) is 4.91. The number of benzene rings is 14. The largest absolute Gasteiger partial charge is 0.311 e. The van der Waals surface area contributed by atoms with Gasteiger partial charge in [0.2, 0.25) is 0 Å². The maximum atomic E-state index is 2.48. The smallest absolute Gasteiger partial charge is 0.0468 e. The molecule has 16 rings (SSSR count). The van der Waals surface area contributed by atoms with Crippen LogP contribution in [0.25, 0.3) is 110 Å². The molecule has 2 aliphatic carbocycles. The van der Waals surface area contributed by atoms with E-state index in [2.05, 4.69) is 356 Å². The number of rotatable bonds is 13. The maximum Gasteiger partial charge on any atom is 0.0468 e. The molecule has 0 spiro atoms. The normalized spacial score (nSPS) is 13.8. The fraction of sp³-hybridized carbons (Fsp3) is 0.0455. The lowest BCUT2D eigenvalue weighted by atomic mass is 9.84. The molecule has 1 atom stereocenters. The summed E-state index contributed by atoms with van der Waals surface area (Å²) in [6.07, 6.45) is 17.5.